The van der Waals surface area contributed by atoms with Crippen LogP contribution in [0.25, 0.3) is 0 Å². The molecule has 0 aromatic rings. The van der Waals surface area contributed by atoms with Gasteiger partial charge in [0.2, 0.25) is 0 Å². The molecule has 1 N–H and O–H groups in total. The second-order valence-electron chi connectivity index (χ2n) is 3.21. The fraction of sp³-hybridized carbons (Fsp3) is 0.667. The molecule has 3 atom stereocenters. The lowest BCUT2D eigenvalue weighted by Crippen LogP contribution is -2.44. The lowest BCUT2D eigenvalue weighted by atomic mass is 9.93. The van der Waals surface area contributed by atoms with Gasteiger partial charge in [0, 0.05) is 9.97 Å². The number of halogens is 1. The van der Waals surface area contributed by atoms with E-state index in [2.05, 4.69) is 51.7 Å². The number of rotatable bonds is 1. The second-order valence-corrected chi connectivity index (χ2v) is 4.65. The summed E-state index contributed by atoms with van der Waals surface area (Å²) in [7, 11) is 1.39. The number of hydrogen-bond donors (Lipinski definition) is 1. The van der Waals surface area contributed by atoms with Crippen LogP contribution in [0.1, 0.15) is 13.3 Å². The van der Waals surface area contributed by atoms with Crippen LogP contribution in [-0.2, 0) is 4.74 Å². The van der Waals surface area contributed by atoms with Gasteiger partial charge in [-0.1, -0.05) is 41.7 Å². The molecule has 0 aromatic carbocycles. The van der Waals surface area contributed by atoms with Crippen molar-refractivity contribution in [1.82, 2.24) is 5.32 Å². The van der Waals surface area contributed by atoms with Gasteiger partial charge in [0.1, 0.15) is 0 Å². The van der Waals surface area contributed by atoms with E-state index in [0.29, 0.717) is 9.84 Å². The molecule has 0 saturated carbocycles. The fourth-order valence-corrected chi connectivity index (χ4v) is 2.10. The van der Waals surface area contributed by atoms with Gasteiger partial charge in [-0.2, -0.15) is 0 Å². The van der Waals surface area contributed by atoms with Crippen molar-refractivity contribution < 1.29 is 9.53 Å². The van der Waals surface area contributed by atoms with Crippen LogP contribution >= 0.6 is 22.6 Å². The van der Waals surface area contributed by atoms with Gasteiger partial charge in [-0.3, -0.25) is 0 Å². The zero-order chi connectivity index (χ0) is 9.84. The summed E-state index contributed by atoms with van der Waals surface area (Å²) in [6.07, 6.45) is 4.86. The maximum Gasteiger partial charge on any atom is 0.407 e. The Kier molecular flexibility index (Phi) is 4.02. The van der Waals surface area contributed by atoms with E-state index in [-0.39, 0.29) is 12.1 Å². The smallest absolute Gasteiger partial charge is 0.407 e. The van der Waals surface area contributed by atoms with E-state index >= 15 is 0 Å². The summed E-state index contributed by atoms with van der Waals surface area (Å²) in [5, 5.41) is 2.83. The van der Waals surface area contributed by atoms with E-state index in [1.54, 1.807) is 0 Å². The van der Waals surface area contributed by atoms with Crippen LogP contribution in [0.3, 0.4) is 0 Å². The molecule has 0 fully saturated rings. The summed E-state index contributed by atoms with van der Waals surface area (Å²) in [5.74, 6) is 0.511. The first-order chi connectivity index (χ1) is 6.15. The molecule has 0 aliphatic heterocycles. The first-order valence-corrected chi connectivity index (χ1v) is 5.55. The van der Waals surface area contributed by atoms with Gasteiger partial charge in [-0.15, -0.1) is 0 Å². The number of carbonyl (C=O) groups excluding carboxylic acids is 1. The lowest BCUT2D eigenvalue weighted by molar-refractivity contribution is 0.165. The molecule has 4 heteroatoms. The zero-order valence-electron chi connectivity index (χ0n) is 7.79. The van der Waals surface area contributed by atoms with Gasteiger partial charge in [0.05, 0.1) is 7.11 Å². The summed E-state index contributed by atoms with van der Waals surface area (Å²) in [5.41, 5.74) is 0. The summed E-state index contributed by atoms with van der Waals surface area (Å²) >= 11 is 2.37. The molecular weight excluding hydrogens is 281 g/mol. The van der Waals surface area contributed by atoms with Crippen LogP contribution in [0.4, 0.5) is 4.79 Å². The molecule has 1 aliphatic carbocycles. The number of carbonyl (C=O) groups is 1. The maximum atomic E-state index is 11.0. The highest BCUT2D eigenvalue weighted by molar-refractivity contribution is 14.1. The van der Waals surface area contributed by atoms with E-state index in [1.807, 2.05) is 0 Å². The molecule has 0 unspecified atom stereocenters. The van der Waals surface area contributed by atoms with Crippen LogP contribution in [0.5, 0.6) is 0 Å². The van der Waals surface area contributed by atoms with Crippen molar-refractivity contribution in [1.29, 1.82) is 0 Å². The number of alkyl halides is 1. The molecule has 0 aromatic heterocycles. The highest BCUT2D eigenvalue weighted by Gasteiger charge is 2.26. The van der Waals surface area contributed by atoms with Gasteiger partial charge in [0.25, 0.3) is 0 Å². The van der Waals surface area contributed by atoms with Gasteiger partial charge < -0.3 is 10.1 Å². The summed E-state index contributed by atoms with van der Waals surface area (Å²) in [4.78, 5) is 11.0. The monoisotopic (exact) mass is 295 g/mol. The number of methoxy groups -OCH3 is 1. The van der Waals surface area contributed by atoms with Gasteiger partial charge in [-0.25, -0.2) is 4.79 Å². The number of hydrogen-bond acceptors (Lipinski definition) is 2. The summed E-state index contributed by atoms with van der Waals surface area (Å²) in [6.45, 7) is 2.15. The molecule has 13 heavy (non-hydrogen) atoms. The van der Waals surface area contributed by atoms with E-state index in [0.717, 1.165) is 6.42 Å². The molecule has 1 amide bonds. The van der Waals surface area contributed by atoms with Crippen molar-refractivity contribution in [2.45, 2.75) is 23.3 Å². The predicted molar refractivity (Wildman–Crippen MR) is 60.1 cm³/mol. The van der Waals surface area contributed by atoms with Crippen molar-refractivity contribution in [2.75, 3.05) is 7.11 Å². The van der Waals surface area contributed by atoms with Crippen LogP contribution in [0, 0.1) is 5.92 Å². The molecule has 1 rings (SSSR count). The Morgan fingerprint density at radius 1 is 1.69 bits per heavy atom. The highest BCUT2D eigenvalue weighted by Crippen LogP contribution is 2.25. The number of allylic oxidation sites excluding steroid dienone is 1. The lowest BCUT2D eigenvalue weighted by Gasteiger charge is -2.28. The first-order valence-electron chi connectivity index (χ1n) is 4.30. The molecule has 1 aliphatic rings. The zero-order valence-corrected chi connectivity index (χ0v) is 9.95. The van der Waals surface area contributed by atoms with Crippen molar-refractivity contribution in [3.63, 3.8) is 0 Å². The second kappa shape index (κ2) is 4.83. The van der Waals surface area contributed by atoms with Gasteiger partial charge >= 0.3 is 6.09 Å². The molecule has 74 valence electrons. The standard InChI is InChI=1S/C9H14INO2/c1-6-4-3-5-7(8(6)10)11-9(12)13-2/h3-4,6-8H,5H2,1-2H3,(H,11,12)/t6-,7+,8+/m0/s1. The number of amides is 1. The Morgan fingerprint density at radius 2 is 2.38 bits per heavy atom. The molecule has 0 radical (unpaired) electrons. The molecule has 0 bridgehead atoms. The van der Waals surface area contributed by atoms with Gasteiger partial charge in [0.15, 0.2) is 0 Å². The largest absolute Gasteiger partial charge is 0.453 e. The number of ether oxygens (including phenoxy) is 1. The Hall–Kier alpha value is -0.260. The topological polar surface area (TPSA) is 38.3 Å². The molecule has 0 spiro atoms. The Labute approximate surface area is 92.1 Å². The highest BCUT2D eigenvalue weighted by atomic mass is 127. The third kappa shape index (κ3) is 2.86. The number of alkyl carbamates (subject to hydrolysis) is 1. The van der Waals surface area contributed by atoms with Crippen molar-refractivity contribution in [3.05, 3.63) is 12.2 Å². The average Bonchev–Trinajstić information content (AvgIpc) is 2.13. The molecular formula is C9H14INO2. The average molecular weight is 295 g/mol. The third-order valence-electron chi connectivity index (χ3n) is 2.20. The maximum absolute atomic E-state index is 11.0. The van der Waals surface area contributed by atoms with Crippen molar-refractivity contribution in [3.8, 4) is 0 Å². The van der Waals surface area contributed by atoms with Crippen LogP contribution in [-0.4, -0.2) is 23.2 Å². The van der Waals surface area contributed by atoms with E-state index in [9.17, 15) is 4.79 Å². The summed E-state index contributed by atoms with van der Waals surface area (Å²) in [6, 6.07) is 0.202. The van der Waals surface area contributed by atoms with Crippen molar-refractivity contribution in [2.24, 2.45) is 5.92 Å². The van der Waals surface area contributed by atoms with E-state index in [4.69, 9.17) is 0 Å². The Bertz CT molecular complexity index is 218. The molecule has 3 nitrogen and oxygen atoms in total. The third-order valence-corrected chi connectivity index (χ3v) is 4.21. The van der Waals surface area contributed by atoms with Crippen LogP contribution < -0.4 is 5.32 Å². The van der Waals surface area contributed by atoms with Crippen LogP contribution in [0.15, 0.2) is 12.2 Å². The Balaban J connectivity index is 2.51. The minimum Gasteiger partial charge on any atom is -0.453 e. The SMILES string of the molecule is COC(=O)N[C@@H]1CC=C[C@H](C)[C@H]1I. The van der Waals surface area contributed by atoms with E-state index in [1.165, 1.54) is 7.11 Å². The normalized spacial score (nSPS) is 32.7. The van der Waals surface area contributed by atoms with Crippen LogP contribution in [0.2, 0.25) is 0 Å². The minimum atomic E-state index is -0.339. The van der Waals surface area contributed by atoms with Crippen molar-refractivity contribution >= 4 is 28.7 Å². The fourth-order valence-electron chi connectivity index (χ4n) is 1.39. The minimum absolute atomic E-state index is 0.202. The molecule has 0 heterocycles. The summed E-state index contributed by atoms with van der Waals surface area (Å²) < 4.78 is 5.01. The Morgan fingerprint density at radius 3 is 3.00 bits per heavy atom. The predicted octanol–water partition coefficient (Wildman–Crippen LogP) is 2.11. The number of nitrogens with one attached hydrogen (secondary N) is 1. The molecule has 0 saturated heterocycles. The first kappa shape index (κ1) is 10.8. The van der Waals surface area contributed by atoms with Gasteiger partial charge in [-0.05, 0) is 12.3 Å². The van der Waals surface area contributed by atoms with E-state index < -0.39 is 0 Å². The quantitative estimate of drug-likeness (QED) is 0.457.